The molecule has 0 fully saturated rings. The third-order valence-corrected chi connectivity index (χ3v) is 5.53. The number of ether oxygens (including phenoxy) is 1. The molecular weight excluding hydrogens is 397 g/mol. The summed E-state index contributed by atoms with van der Waals surface area (Å²) >= 11 is 0. The predicted molar refractivity (Wildman–Crippen MR) is 108 cm³/mol. The van der Waals surface area contributed by atoms with Crippen LogP contribution < -0.4 is 15.6 Å². The molecule has 2 atom stereocenters. The number of pyridine rings is 1. The summed E-state index contributed by atoms with van der Waals surface area (Å²) in [7, 11) is 0. The van der Waals surface area contributed by atoms with Crippen LogP contribution in [0.3, 0.4) is 0 Å². The van der Waals surface area contributed by atoms with E-state index in [2.05, 4.69) is 10.3 Å². The minimum Gasteiger partial charge on any atom is -0.493 e. The highest BCUT2D eigenvalue weighted by Gasteiger charge is 2.54. The number of aromatic nitrogens is 1. The summed E-state index contributed by atoms with van der Waals surface area (Å²) < 4.78 is 47.3. The molecule has 8 heteroatoms. The second kappa shape index (κ2) is 7.68. The van der Waals surface area contributed by atoms with Crippen LogP contribution in [0.5, 0.6) is 5.75 Å². The summed E-state index contributed by atoms with van der Waals surface area (Å²) in [4.78, 5) is 14.1. The van der Waals surface area contributed by atoms with Crippen LogP contribution in [0.25, 0.3) is 10.9 Å². The zero-order valence-electron chi connectivity index (χ0n) is 16.0. The summed E-state index contributed by atoms with van der Waals surface area (Å²) in [6.45, 7) is -0.409. The fraction of sp³-hybridized carbons (Fsp3) is 0.318. The smallest absolute Gasteiger partial charge is 0.418 e. The number of hydrogen-bond acceptors (Lipinski definition) is 4. The Morgan fingerprint density at radius 2 is 1.90 bits per heavy atom. The van der Waals surface area contributed by atoms with Gasteiger partial charge in [-0.25, -0.2) is 0 Å². The van der Waals surface area contributed by atoms with Crippen LogP contribution in [0.2, 0.25) is 0 Å². The fourth-order valence-electron chi connectivity index (χ4n) is 3.91. The summed E-state index contributed by atoms with van der Waals surface area (Å²) in [6, 6.07) is 14.7. The van der Waals surface area contributed by atoms with E-state index >= 15 is 0 Å². The van der Waals surface area contributed by atoms with Gasteiger partial charge in [-0.3, -0.25) is 4.79 Å². The average molecular weight is 418 g/mol. The van der Waals surface area contributed by atoms with Crippen molar-refractivity contribution in [2.45, 2.75) is 30.5 Å². The zero-order chi connectivity index (χ0) is 21.4. The number of rotatable bonds is 5. The lowest BCUT2D eigenvalue weighted by Crippen LogP contribution is -2.51. The maximum absolute atomic E-state index is 13.9. The van der Waals surface area contributed by atoms with Crippen molar-refractivity contribution in [2.24, 2.45) is 0 Å². The fourth-order valence-corrected chi connectivity index (χ4v) is 3.91. The minimum absolute atomic E-state index is 0.301. The lowest BCUT2D eigenvalue weighted by molar-refractivity contribution is -0.258. The molecule has 2 heterocycles. The van der Waals surface area contributed by atoms with Crippen molar-refractivity contribution < 1.29 is 23.0 Å². The van der Waals surface area contributed by atoms with Gasteiger partial charge in [-0.1, -0.05) is 24.3 Å². The van der Waals surface area contributed by atoms with Crippen molar-refractivity contribution in [1.82, 2.24) is 4.98 Å². The van der Waals surface area contributed by atoms with Crippen LogP contribution in [-0.2, 0) is 0 Å². The van der Waals surface area contributed by atoms with Gasteiger partial charge in [0.15, 0.2) is 5.60 Å². The molecule has 30 heavy (non-hydrogen) atoms. The van der Waals surface area contributed by atoms with E-state index < -0.39 is 30.7 Å². The van der Waals surface area contributed by atoms with Crippen molar-refractivity contribution in [3.8, 4) is 5.75 Å². The Labute approximate surface area is 170 Å². The van der Waals surface area contributed by atoms with Crippen LogP contribution in [0.15, 0.2) is 59.4 Å². The molecule has 2 aromatic carbocycles. The summed E-state index contributed by atoms with van der Waals surface area (Å²) in [5.74, 6) is 0.0801. The second-order valence-corrected chi connectivity index (χ2v) is 7.55. The quantitative estimate of drug-likeness (QED) is 0.581. The first-order chi connectivity index (χ1) is 14.3. The molecule has 0 radical (unpaired) electrons. The third-order valence-electron chi connectivity index (χ3n) is 5.53. The molecule has 0 aliphatic carbocycles. The molecular formula is C22H21F3N2O3. The van der Waals surface area contributed by atoms with Gasteiger partial charge >= 0.3 is 6.18 Å². The third kappa shape index (κ3) is 3.87. The highest BCUT2D eigenvalue weighted by Crippen LogP contribution is 2.43. The average Bonchev–Trinajstić information content (AvgIpc) is 2.71. The molecule has 3 N–H and O–H groups in total. The Morgan fingerprint density at radius 3 is 2.70 bits per heavy atom. The number of aliphatic hydroxyl groups is 1. The molecule has 0 saturated carbocycles. The zero-order valence-corrected chi connectivity index (χ0v) is 16.0. The van der Waals surface area contributed by atoms with Crippen molar-refractivity contribution in [1.29, 1.82) is 0 Å². The molecule has 5 nitrogen and oxygen atoms in total. The Kier molecular flexibility index (Phi) is 5.19. The number of nitrogens with one attached hydrogen (secondary N) is 2. The Hall–Kier alpha value is -3.00. The standard InChI is InChI=1S/C22H21F3N2O3/c23-22(24,25)21(29,12-14-10-11-30-19-7-2-1-4-15(14)19)13-26-17-5-3-6-18-16(17)8-9-20(28)27-18/h1-9,14,26,29H,10-13H2,(H,27,28). The van der Waals surface area contributed by atoms with E-state index in [4.69, 9.17) is 4.74 Å². The highest BCUT2D eigenvalue weighted by molar-refractivity contribution is 5.91. The van der Waals surface area contributed by atoms with E-state index in [1.54, 1.807) is 42.5 Å². The number of alkyl halides is 3. The van der Waals surface area contributed by atoms with Crippen molar-refractivity contribution >= 4 is 16.6 Å². The highest BCUT2D eigenvalue weighted by atomic mass is 19.4. The molecule has 0 spiro atoms. The number of hydrogen-bond donors (Lipinski definition) is 3. The molecule has 4 rings (SSSR count). The number of fused-ring (bicyclic) bond motifs is 2. The van der Waals surface area contributed by atoms with Gasteiger partial charge in [-0.2, -0.15) is 13.2 Å². The van der Waals surface area contributed by atoms with E-state index in [0.717, 1.165) is 0 Å². The van der Waals surface area contributed by atoms with E-state index in [1.165, 1.54) is 12.1 Å². The Morgan fingerprint density at radius 1 is 1.10 bits per heavy atom. The molecule has 1 aliphatic rings. The number of halogens is 3. The lowest BCUT2D eigenvalue weighted by atomic mass is 9.82. The molecule has 0 saturated heterocycles. The van der Waals surface area contributed by atoms with Gasteiger partial charge in [0.1, 0.15) is 5.75 Å². The SMILES string of the molecule is O=c1ccc2c(NCC(O)(CC3CCOc4ccccc43)C(F)(F)F)cccc2[nH]1. The van der Waals surface area contributed by atoms with Crippen molar-refractivity contribution in [3.63, 3.8) is 0 Å². The van der Waals surface area contributed by atoms with Crippen molar-refractivity contribution in [3.05, 3.63) is 70.5 Å². The van der Waals surface area contributed by atoms with Crippen LogP contribution >= 0.6 is 0 Å². The summed E-state index contributed by atoms with van der Waals surface area (Å²) in [5, 5.41) is 14.0. The lowest BCUT2D eigenvalue weighted by Gasteiger charge is -2.36. The van der Waals surface area contributed by atoms with E-state index in [0.29, 0.717) is 40.9 Å². The number of anilines is 1. The maximum Gasteiger partial charge on any atom is 0.418 e. The summed E-state index contributed by atoms with van der Waals surface area (Å²) in [6.07, 6.45) is -4.91. The molecule has 1 aromatic heterocycles. The summed E-state index contributed by atoms with van der Waals surface area (Å²) in [5.41, 5.74) is -1.66. The van der Waals surface area contributed by atoms with Crippen LogP contribution in [-0.4, -0.2) is 35.0 Å². The first-order valence-corrected chi connectivity index (χ1v) is 9.64. The monoisotopic (exact) mass is 418 g/mol. The number of para-hydroxylation sites is 1. The van der Waals surface area contributed by atoms with E-state index in [1.807, 2.05) is 0 Å². The van der Waals surface area contributed by atoms with Gasteiger partial charge in [0.25, 0.3) is 0 Å². The molecule has 0 bridgehead atoms. The second-order valence-electron chi connectivity index (χ2n) is 7.55. The number of aromatic amines is 1. The van der Waals surface area contributed by atoms with Gasteiger partial charge in [-0.15, -0.1) is 0 Å². The Bertz CT molecular complexity index is 1110. The predicted octanol–water partition coefficient (Wildman–Crippen LogP) is 4.19. The van der Waals surface area contributed by atoms with Gasteiger partial charge in [0, 0.05) is 17.1 Å². The van der Waals surface area contributed by atoms with Gasteiger partial charge < -0.3 is 20.1 Å². The maximum atomic E-state index is 13.9. The van der Waals surface area contributed by atoms with E-state index in [-0.39, 0.29) is 5.56 Å². The van der Waals surface area contributed by atoms with Gasteiger partial charge in [0.05, 0.1) is 18.7 Å². The molecule has 158 valence electrons. The van der Waals surface area contributed by atoms with Crippen LogP contribution in [0.4, 0.5) is 18.9 Å². The van der Waals surface area contributed by atoms with Gasteiger partial charge in [0.2, 0.25) is 5.56 Å². The minimum atomic E-state index is -4.83. The van der Waals surface area contributed by atoms with Crippen LogP contribution in [0, 0.1) is 0 Å². The largest absolute Gasteiger partial charge is 0.493 e. The number of benzene rings is 2. The normalized spacial score (nSPS) is 18.3. The Balaban J connectivity index is 1.61. The van der Waals surface area contributed by atoms with Crippen molar-refractivity contribution in [2.75, 3.05) is 18.5 Å². The molecule has 2 unspecified atom stereocenters. The molecule has 1 aliphatic heterocycles. The molecule has 0 amide bonds. The molecule has 3 aromatic rings. The first kappa shape index (κ1) is 20.3. The van der Waals surface area contributed by atoms with Crippen LogP contribution in [0.1, 0.15) is 24.3 Å². The van der Waals surface area contributed by atoms with E-state index in [9.17, 15) is 23.1 Å². The number of H-pyrrole nitrogens is 1. The topological polar surface area (TPSA) is 74.3 Å². The first-order valence-electron chi connectivity index (χ1n) is 9.64. The van der Waals surface area contributed by atoms with Gasteiger partial charge in [-0.05, 0) is 48.6 Å².